The van der Waals surface area contributed by atoms with Crippen molar-refractivity contribution in [1.29, 1.82) is 0 Å². The van der Waals surface area contributed by atoms with Crippen LogP contribution in [0.4, 0.5) is 5.88 Å². The number of nitrogens with two attached hydrogens (primary N) is 1. The van der Waals surface area contributed by atoms with Crippen LogP contribution in [0.1, 0.15) is 43.4 Å². The third-order valence-corrected chi connectivity index (χ3v) is 5.88. The summed E-state index contributed by atoms with van der Waals surface area (Å²) in [5.41, 5.74) is 8.10. The molecule has 4 aliphatic carbocycles. The van der Waals surface area contributed by atoms with Gasteiger partial charge in [0.2, 0.25) is 5.88 Å². The minimum absolute atomic E-state index is 0.557. The molecule has 4 aliphatic rings. The highest BCUT2D eigenvalue weighted by molar-refractivity contribution is 5.38. The van der Waals surface area contributed by atoms with E-state index in [0.29, 0.717) is 5.88 Å². The van der Waals surface area contributed by atoms with Gasteiger partial charge in [-0.25, -0.2) is 0 Å². The van der Waals surface area contributed by atoms with Gasteiger partial charge in [0.15, 0.2) is 0 Å². The maximum absolute atomic E-state index is 5.92. The molecule has 98 valence electrons. The second-order valence-electron chi connectivity index (χ2n) is 6.91. The third kappa shape index (κ3) is 1.52. The Morgan fingerprint density at radius 3 is 2.22 bits per heavy atom. The molecule has 1 heterocycles. The minimum atomic E-state index is 0.557. The number of hydrogen-bond acceptors (Lipinski definition) is 3. The molecule has 0 atom stereocenters. The summed E-state index contributed by atoms with van der Waals surface area (Å²) >= 11 is 0. The quantitative estimate of drug-likeness (QED) is 0.872. The Bertz CT molecular complexity index is 418. The van der Waals surface area contributed by atoms with Gasteiger partial charge in [-0.15, -0.1) is 0 Å². The summed E-state index contributed by atoms with van der Waals surface area (Å²) in [6.45, 7) is 2.02. The minimum Gasteiger partial charge on any atom is -0.367 e. The molecule has 0 saturated heterocycles. The summed E-state index contributed by atoms with van der Waals surface area (Å²) in [5.74, 6) is 5.40. The SMILES string of the molecule is Cc1noc(N)c1CC1C2CC3CC(C2)CC1C3. The van der Waals surface area contributed by atoms with Crippen molar-refractivity contribution in [3.63, 3.8) is 0 Å². The molecule has 5 rings (SSSR count). The molecule has 0 aliphatic heterocycles. The average Bonchev–Trinajstić information content (AvgIpc) is 2.64. The number of nitrogens with zero attached hydrogens (tertiary/aromatic N) is 1. The standard InChI is InChI=1S/C15H22N2O/c1-8-13(15(16)18-17-8)7-14-11-3-9-2-10(5-11)6-12(14)4-9/h9-12,14H,2-7,16H2,1H3. The Kier molecular flexibility index (Phi) is 2.27. The first-order valence-electron chi connectivity index (χ1n) is 7.41. The molecule has 3 nitrogen and oxygen atoms in total. The first kappa shape index (κ1) is 10.9. The predicted octanol–water partition coefficient (Wildman–Crippen LogP) is 3.18. The van der Waals surface area contributed by atoms with Gasteiger partial charge >= 0.3 is 0 Å². The normalized spacial score (nSPS) is 41.5. The predicted molar refractivity (Wildman–Crippen MR) is 69.9 cm³/mol. The van der Waals surface area contributed by atoms with E-state index in [9.17, 15) is 0 Å². The molecule has 2 N–H and O–H groups in total. The molecule has 4 fully saturated rings. The van der Waals surface area contributed by atoms with Crippen molar-refractivity contribution in [3.05, 3.63) is 11.3 Å². The molecule has 18 heavy (non-hydrogen) atoms. The van der Waals surface area contributed by atoms with Crippen LogP contribution in [0.2, 0.25) is 0 Å². The zero-order chi connectivity index (χ0) is 12.3. The van der Waals surface area contributed by atoms with E-state index in [1.807, 2.05) is 6.92 Å². The van der Waals surface area contributed by atoms with E-state index in [4.69, 9.17) is 10.3 Å². The lowest BCUT2D eigenvalue weighted by Crippen LogP contribution is -2.45. The molecule has 0 spiro atoms. The van der Waals surface area contributed by atoms with Gasteiger partial charge in [0.1, 0.15) is 0 Å². The van der Waals surface area contributed by atoms with E-state index < -0.39 is 0 Å². The van der Waals surface area contributed by atoms with E-state index >= 15 is 0 Å². The molecule has 3 heteroatoms. The lowest BCUT2D eigenvalue weighted by Gasteiger charge is -2.54. The highest BCUT2D eigenvalue weighted by atomic mass is 16.5. The Balaban J connectivity index is 1.59. The number of rotatable bonds is 2. The summed E-state index contributed by atoms with van der Waals surface area (Å²) < 4.78 is 5.12. The molecule has 1 aromatic heterocycles. The van der Waals surface area contributed by atoms with Gasteiger partial charge in [-0.1, -0.05) is 5.16 Å². The first-order valence-corrected chi connectivity index (χ1v) is 7.41. The van der Waals surface area contributed by atoms with Crippen molar-refractivity contribution in [2.75, 3.05) is 5.73 Å². The number of anilines is 1. The smallest absolute Gasteiger partial charge is 0.225 e. The molecule has 4 bridgehead atoms. The average molecular weight is 246 g/mol. The summed E-state index contributed by atoms with van der Waals surface area (Å²) in [7, 11) is 0. The van der Waals surface area contributed by atoms with Crippen LogP contribution in [-0.2, 0) is 6.42 Å². The van der Waals surface area contributed by atoms with Crippen LogP contribution < -0.4 is 5.73 Å². The van der Waals surface area contributed by atoms with Crippen molar-refractivity contribution in [3.8, 4) is 0 Å². The second-order valence-corrected chi connectivity index (χ2v) is 6.91. The van der Waals surface area contributed by atoms with Gasteiger partial charge in [0.25, 0.3) is 0 Å². The van der Waals surface area contributed by atoms with Crippen LogP contribution >= 0.6 is 0 Å². The highest BCUT2D eigenvalue weighted by Gasteiger charge is 2.48. The lowest BCUT2D eigenvalue weighted by atomic mass is 9.51. The van der Waals surface area contributed by atoms with Gasteiger partial charge in [0.05, 0.1) is 5.69 Å². The van der Waals surface area contributed by atoms with Crippen LogP contribution in [0.3, 0.4) is 0 Å². The fraction of sp³-hybridized carbons (Fsp3) is 0.800. The van der Waals surface area contributed by atoms with E-state index in [2.05, 4.69) is 5.16 Å². The summed E-state index contributed by atoms with van der Waals surface area (Å²) in [4.78, 5) is 0. The largest absolute Gasteiger partial charge is 0.367 e. The van der Waals surface area contributed by atoms with Crippen LogP contribution in [0, 0.1) is 36.5 Å². The fourth-order valence-electron chi connectivity index (χ4n) is 5.26. The van der Waals surface area contributed by atoms with Crippen molar-refractivity contribution < 1.29 is 4.52 Å². The van der Waals surface area contributed by atoms with Crippen molar-refractivity contribution in [2.45, 2.75) is 45.4 Å². The van der Waals surface area contributed by atoms with Gasteiger partial charge in [0, 0.05) is 5.56 Å². The van der Waals surface area contributed by atoms with E-state index in [0.717, 1.165) is 41.7 Å². The molecule has 0 amide bonds. The Labute approximate surface area is 108 Å². The molecular formula is C15H22N2O. The van der Waals surface area contributed by atoms with E-state index in [-0.39, 0.29) is 0 Å². The van der Waals surface area contributed by atoms with E-state index in [1.54, 1.807) is 0 Å². The van der Waals surface area contributed by atoms with Gasteiger partial charge in [-0.2, -0.15) is 0 Å². The third-order valence-electron chi connectivity index (χ3n) is 5.88. The number of aromatic nitrogens is 1. The molecule has 0 unspecified atom stereocenters. The van der Waals surface area contributed by atoms with Crippen LogP contribution in [0.5, 0.6) is 0 Å². The molecule has 0 radical (unpaired) electrons. The van der Waals surface area contributed by atoms with Crippen LogP contribution in [0.25, 0.3) is 0 Å². The Morgan fingerprint density at radius 1 is 1.11 bits per heavy atom. The number of aryl methyl sites for hydroxylation is 1. The highest BCUT2D eigenvalue weighted by Crippen LogP contribution is 2.57. The van der Waals surface area contributed by atoms with Crippen molar-refractivity contribution >= 4 is 5.88 Å². The molecular weight excluding hydrogens is 224 g/mol. The first-order chi connectivity index (χ1) is 8.70. The fourth-order valence-corrected chi connectivity index (χ4v) is 5.26. The lowest BCUT2D eigenvalue weighted by molar-refractivity contribution is -0.0360. The monoisotopic (exact) mass is 246 g/mol. The molecule has 1 aromatic rings. The van der Waals surface area contributed by atoms with Gasteiger partial charge in [-0.3, -0.25) is 0 Å². The zero-order valence-electron chi connectivity index (χ0n) is 11.1. The summed E-state index contributed by atoms with van der Waals surface area (Å²) in [6, 6.07) is 0. The summed E-state index contributed by atoms with van der Waals surface area (Å²) in [6.07, 6.45) is 8.53. The van der Waals surface area contributed by atoms with Crippen molar-refractivity contribution in [1.82, 2.24) is 5.16 Å². The van der Waals surface area contributed by atoms with Crippen LogP contribution in [-0.4, -0.2) is 5.16 Å². The zero-order valence-corrected chi connectivity index (χ0v) is 11.1. The number of nitrogen functional groups attached to an aromatic ring is 1. The molecule has 4 saturated carbocycles. The van der Waals surface area contributed by atoms with E-state index in [1.165, 1.54) is 37.7 Å². The van der Waals surface area contributed by atoms with Gasteiger partial charge < -0.3 is 10.3 Å². The molecule has 0 aromatic carbocycles. The maximum atomic E-state index is 5.92. The Hall–Kier alpha value is -0.990. The van der Waals surface area contributed by atoms with Gasteiger partial charge in [-0.05, 0) is 75.0 Å². The number of hydrogen-bond donors (Lipinski definition) is 1. The van der Waals surface area contributed by atoms with Crippen LogP contribution in [0.15, 0.2) is 4.52 Å². The topological polar surface area (TPSA) is 52.0 Å². The Morgan fingerprint density at radius 2 is 1.72 bits per heavy atom. The second kappa shape index (κ2) is 3.75. The maximum Gasteiger partial charge on any atom is 0.225 e. The van der Waals surface area contributed by atoms with Crippen molar-refractivity contribution in [2.24, 2.45) is 29.6 Å². The summed E-state index contributed by atoms with van der Waals surface area (Å²) in [5, 5.41) is 4.00.